The zero-order chi connectivity index (χ0) is 16.7. The number of carbonyl (C=O) groups is 2. The van der Waals surface area contributed by atoms with Crippen LogP contribution >= 0.6 is 0 Å². The van der Waals surface area contributed by atoms with Gasteiger partial charge in [-0.1, -0.05) is 0 Å². The van der Waals surface area contributed by atoms with Gasteiger partial charge in [0.05, 0.1) is 17.6 Å². The fraction of sp³-hybridized carbons (Fsp3) is 0.273. The molecule has 1 aliphatic heterocycles. The zero-order valence-electron chi connectivity index (χ0n) is 11.5. The monoisotopic (exact) mass is 329 g/mol. The maximum Gasteiger partial charge on any atom is 0.411 e. The predicted molar refractivity (Wildman–Crippen MR) is 73.0 cm³/mol. The third-order valence-electron chi connectivity index (χ3n) is 3.03. The van der Waals surface area contributed by atoms with Gasteiger partial charge in [0.2, 0.25) is 0 Å². The van der Waals surface area contributed by atoms with Gasteiger partial charge in [0.25, 0.3) is 21.6 Å². The van der Waals surface area contributed by atoms with E-state index >= 15 is 0 Å². The summed E-state index contributed by atoms with van der Waals surface area (Å²) in [5, 5.41) is 13.1. The van der Waals surface area contributed by atoms with Crippen molar-refractivity contribution < 1.29 is 27.7 Å². The Morgan fingerprint density at radius 2 is 2.09 bits per heavy atom. The molecule has 0 radical (unpaired) electrons. The quantitative estimate of drug-likeness (QED) is 0.643. The van der Waals surface area contributed by atoms with Gasteiger partial charge in [-0.3, -0.25) is 20.2 Å². The first-order valence-electron chi connectivity index (χ1n) is 5.98. The van der Waals surface area contributed by atoms with Crippen LogP contribution in [0.2, 0.25) is 0 Å². The first-order chi connectivity index (χ1) is 10.2. The van der Waals surface area contributed by atoms with E-state index in [4.69, 9.17) is 0 Å². The van der Waals surface area contributed by atoms with E-state index in [9.17, 15) is 28.1 Å². The number of amides is 2. The third kappa shape index (κ3) is 2.24. The van der Waals surface area contributed by atoms with E-state index in [1.54, 1.807) is 0 Å². The van der Waals surface area contributed by atoms with Gasteiger partial charge in [-0.15, -0.1) is 0 Å². The number of methoxy groups -OCH3 is 1. The Bertz CT molecular complexity index is 787. The standard InChI is InChI=1S/C11H11N3O7S/c1-3-13-10(15)6-4-8(14(17)18)7(12-11(16)21-2)5-9(6)22(13,19)20/h4-5H,3H2,1-2H3,(H,12,16). The molecule has 0 atom stereocenters. The molecule has 1 aromatic rings. The number of nitrogens with one attached hydrogen (secondary N) is 1. The fourth-order valence-electron chi connectivity index (χ4n) is 2.04. The van der Waals surface area contributed by atoms with Gasteiger partial charge < -0.3 is 4.74 Å². The Kier molecular flexibility index (Phi) is 3.75. The Morgan fingerprint density at radius 1 is 1.45 bits per heavy atom. The summed E-state index contributed by atoms with van der Waals surface area (Å²) >= 11 is 0. The number of hydrogen-bond acceptors (Lipinski definition) is 7. The largest absolute Gasteiger partial charge is 0.453 e. The summed E-state index contributed by atoms with van der Waals surface area (Å²) in [5.41, 5.74) is -1.28. The summed E-state index contributed by atoms with van der Waals surface area (Å²) in [6.07, 6.45) is -1.00. The number of benzene rings is 1. The lowest BCUT2D eigenvalue weighted by molar-refractivity contribution is -0.384. The molecule has 2 rings (SSSR count). The molecule has 2 amide bonds. The molecule has 0 aliphatic carbocycles. The number of carbonyl (C=O) groups excluding carboxylic acids is 2. The molecule has 118 valence electrons. The summed E-state index contributed by atoms with van der Waals surface area (Å²) in [6.45, 7) is 1.35. The molecule has 0 unspecified atom stereocenters. The molecule has 0 aromatic heterocycles. The summed E-state index contributed by atoms with van der Waals surface area (Å²) in [4.78, 5) is 33.1. The van der Waals surface area contributed by atoms with Crippen molar-refractivity contribution in [3.63, 3.8) is 0 Å². The van der Waals surface area contributed by atoms with E-state index < -0.39 is 37.5 Å². The van der Waals surface area contributed by atoms with Gasteiger partial charge in [0.15, 0.2) is 0 Å². The van der Waals surface area contributed by atoms with Crippen molar-refractivity contribution in [2.24, 2.45) is 0 Å². The van der Waals surface area contributed by atoms with Crippen molar-refractivity contribution in [2.45, 2.75) is 11.8 Å². The van der Waals surface area contributed by atoms with Crippen LogP contribution in [0.25, 0.3) is 0 Å². The zero-order valence-corrected chi connectivity index (χ0v) is 12.3. The van der Waals surface area contributed by atoms with E-state index in [1.807, 2.05) is 0 Å². The SMILES string of the molecule is CCN1C(=O)c2cc([N+](=O)[O-])c(NC(=O)OC)cc2S1(=O)=O. The fourth-order valence-corrected chi connectivity index (χ4v) is 3.62. The van der Waals surface area contributed by atoms with Crippen molar-refractivity contribution in [3.05, 3.63) is 27.8 Å². The van der Waals surface area contributed by atoms with E-state index in [2.05, 4.69) is 10.1 Å². The highest BCUT2D eigenvalue weighted by Gasteiger charge is 2.42. The van der Waals surface area contributed by atoms with E-state index in [-0.39, 0.29) is 17.8 Å². The number of nitro benzene ring substituents is 1. The average Bonchev–Trinajstić information content (AvgIpc) is 2.64. The Hall–Kier alpha value is -2.69. The van der Waals surface area contributed by atoms with Gasteiger partial charge in [0, 0.05) is 12.6 Å². The summed E-state index contributed by atoms with van der Waals surface area (Å²) in [6, 6.07) is 1.71. The molecular weight excluding hydrogens is 318 g/mol. The maximum absolute atomic E-state index is 12.2. The summed E-state index contributed by atoms with van der Waals surface area (Å²) < 4.78 is 29.3. The van der Waals surface area contributed by atoms with Crippen LogP contribution < -0.4 is 5.32 Å². The lowest BCUT2D eigenvalue weighted by Gasteiger charge is -2.11. The number of hydrogen-bond donors (Lipinski definition) is 1. The molecule has 0 spiro atoms. The Labute approximate surface area is 124 Å². The number of sulfonamides is 1. The Morgan fingerprint density at radius 3 is 2.59 bits per heavy atom. The van der Waals surface area contributed by atoms with Gasteiger partial charge in [-0.25, -0.2) is 17.5 Å². The predicted octanol–water partition coefficient (Wildman–Crippen LogP) is 0.938. The third-order valence-corrected chi connectivity index (χ3v) is 4.93. The molecule has 11 heteroatoms. The number of fused-ring (bicyclic) bond motifs is 1. The minimum Gasteiger partial charge on any atom is -0.453 e. The second-order valence-electron chi connectivity index (χ2n) is 4.21. The lowest BCUT2D eigenvalue weighted by atomic mass is 10.1. The van der Waals surface area contributed by atoms with Crippen LogP contribution in [0.4, 0.5) is 16.2 Å². The summed E-state index contributed by atoms with van der Waals surface area (Å²) in [7, 11) is -3.03. The normalized spacial score (nSPS) is 15.4. The van der Waals surface area contributed by atoms with E-state index in [0.717, 1.165) is 19.2 Å². The van der Waals surface area contributed by atoms with Gasteiger partial charge in [-0.2, -0.15) is 0 Å². The average molecular weight is 329 g/mol. The highest BCUT2D eigenvalue weighted by Crippen LogP contribution is 2.37. The first kappa shape index (κ1) is 15.7. The van der Waals surface area contributed by atoms with Crippen LogP contribution in [0.3, 0.4) is 0 Å². The van der Waals surface area contributed by atoms with Crippen molar-refractivity contribution in [3.8, 4) is 0 Å². The van der Waals surface area contributed by atoms with Crippen molar-refractivity contribution in [2.75, 3.05) is 19.0 Å². The molecule has 10 nitrogen and oxygen atoms in total. The van der Waals surface area contributed by atoms with Crippen LogP contribution in [0.15, 0.2) is 17.0 Å². The minimum absolute atomic E-state index is 0.108. The van der Waals surface area contributed by atoms with Crippen molar-refractivity contribution in [1.29, 1.82) is 0 Å². The molecule has 0 fully saturated rings. The number of anilines is 1. The first-order valence-corrected chi connectivity index (χ1v) is 7.42. The highest BCUT2D eigenvalue weighted by atomic mass is 32.2. The van der Waals surface area contributed by atoms with Crippen LogP contribution in [0, 0.1) is 10.1 Å². The van der Waals surface area contributed by atoms with Crippen molar-refractivity contribution in [1.82, 2.24) is 4.31 Å². The molecular formula is C11H11N3O7S. The highest BCUT2D eigenvalue weighted by molar-refractivity contribution is 7.90. The van der Waals surface area contributed by atoms with Crippen LogP contribution in [0.1, 0.15) is 17.3 Å². The molecule has 0 saturated carbocycles. The van der Waals surface area contributed by atoms with Gasteiger partial charge in [-0.05, 0) is 13.0 Å². The van der Waals surface area contributed by atoms with Crippen LogP contribution in [0.5, 0.6) is 0 Å². The van der Waals surface area contributed by atoms with E-state index in [1.165, 1.54) is 6.92 Å². The second-order valence-corrected chi connectivity index (χ2v) is 6.04. The topological polar surface area (TPSA) is 136 Å². The molecule has 1 N–H and O–H groups in total. The van der Waals surface area contributed by atoms with Gasteiger partial charge in [0.1, 0.15) is 10.6 Å². The molecule has 1 aliphatic rings. The van der Waals surface area contributed by atoms with Crippen molar-refractivity contribution >= 4 is 33.4 Å². The molecule has 0 bridgehead atoms. The van der Waals surface area contributed by atoms with Gasteiger partial charge >= 0.3 is 6.09 Å². The molecule has 0 saturated heterocycles. The Balaban J connectivity index is 2.69. The van der Waals surface area contributed by atoms with Crippen LogP contribution in [-0.4, -0.2) is 43.3 Å². The van der Waals surface area contributed by atoms with E-state index in [0.29, 0.717) is 4.31 Å². The number of ether oxygens (including phenoxy) is 1. The maximum atomic E-state index is 12.2. The minimum atomic E-state index is -4.08. The second kappa shape index (κ2) is 5.26. The summed E-state index contributed by atoms with van der Waals surface area (Å²) in [5.74, 6) is -0.842. The smallest absolute Gasteiger partial charge is 0.411 e. The number of rotatable bonds is 3. The number of nitro groups is 1. The molecule has 1 aromatic carbocycles. The molecule has 22 heavy (non-hydrogen) atoms. The molecule has 1 heterocycles. The number of nitrogens with zero attached hydrogens (tertiary/aromatic N) is 2. The van der Waals surface area contributed by atoms with Crippen LogP contribution in [-0.2, 0) is 14.8 Å². The lowest BCUT2D eigenvalue weighted by Crippen LogP contribution is -2.29.